The number of hydrogen-bond donors (Lipinski definition) is 1. The quantitative estimate of drug-likeness (QED) is 0.886. The Bertz CT molecular complexity index is 446. The van der Waals surface area contributed by atoms with Crippen LogP contribution in [0.15, 0.2) is 18.2 Å². The standard InChI is InChI=1S/C16H23FN2/c17-15-7-12(10-18)8-16(9-15)19-6-5-13-3-1-2-4-14(13)11-19/h7-9,13-14H,1-6,10-11,18H2. The van der Waals surface area contributed by atoms with Gasteiger partial charge in [0.05, 0.1) is 0 Å². The van der Waals surface area contributed by atoms with Crippen molar-refractivity contribution < 1.29 is 4.39 Å². The van der Waals surface area contributed by atoms with Crippen molar-refractivity contribution in [3.8, 4) is 0 Å². The van der Waals surface area contributed by atoms with E-state index in [-0.39, 0.29) is 5.82 Å². The molecule has 1 heterocycles. The third kappa shape index (κ3) is 2.76. The summed E-state index contributed by atoms with van der Waals surface area (Å²) in [5.41, 5.74) is 7.55. The summed E-state index contributed by atoms with van der Waals surface area (Å²) >= 11 is 0. The van der Waals surface area contributed by atoms with Gasteiger partial charge in [0.1, 0.15) is 5.82 Å². The Hall–Kier alpha value is -1.09. The lowest BCUT2D eigenvalue weighted by atomic mass is 9.75. The molecule has 2 fully saturated rings. The SMILES string of the molecule is NCc1cc(F)cc(N2CCC3CCCCC3C2)c1. The molecule has 3 heteroatoms. The second kappa shape index (κ2) is 5.49. The van der Waals surface area contributed by atoms with Crippen molar-refractivity contribution in [3.05, 3.63) is 29.6 Å². The number of anilines is 1. The molecule has 1 aliphatic carbocycles. The molecular weight excluding hydrogens is 239 g/mol. The van der Waals surface area contributed by atoms with Gasteiger partial charge in [-0.25, -0.2) is 4.39 Å². The number of nitrogens with zero attached hydrogens (tertiary/aromatic N) is 1. The minimum atomic E-state index is -0.163. The first-order valence-corrected chi connectivity index (χ1v) is 7.51. The third-order valence-corrected chi connectivity index (χ3v) is 4.83. The number of piperidine rings is 1. The maximum Gasteiger partial charge on any atom is 0.125 e. The van der Waals surface area contributed by atoms with E-state index in [9.17, 15) is 4.39 Å². The fraction of sp³-hybridized carbons (Fsp3) is 0.625. The zero-order valence-electron chi connectivity index (χ0n) is 11.4. The van der Waals surface area contributed by atoms with Crippen LogP contribution in [0.5, 0.6) is 0 Å². The molecule has 1 aromatic rings. The molecule has 3 rings (SSSR count). The summed E-state index contributed by atoms with van der Waals surface area (Å²) in [7, 11) is 0. The smallest absolute Gasteiger partial charge is 0.125 e. The van der Waals surface area contributed by atoms with E-state index >= 15 is 0 Å². The lowest BCUT2D eigenvalue weighted by Gasteiger charge is -2.42. The fourth-order valence-electron chi connectivity index (χ4n) is 3.77. The van der Waals surface area contributed by atoms with Crippen LogP contribution in [0, 0.1) is 17.7 Å². The van der Waals surface area contributed by atoms with Gasteiger partial charge in [0, 0.05) is 25.3 Å². The molecule has 1 aromatic carbocycles. The van der Waals surface area contributed by atoms with Gasteiger partial charge in [-0.2, -0.15) is 0 Å². The van der Waals surface area contributed by atoms with Crippen LogP contribution in [0.2, 0.25) is 0 Å². The molecule has 19 heavy (non-hydrogen) atoms. The van der Waals surface area contributed by atoms with Gasteiger partial charge >= 0.3 is 0 Å². The van der Waals surface area contributed by atoms with Crippen LogP contribution in [0.3, 0.4) is 0 Å². The molecule has 0 spiro atoms. The number of rotatable bonds is 2. The van der Waals surface area contributed by atoms with Gasteiger partial charge in [0.15, 0.2) is 0 Å². The highest BCUT2D eigenvalue weighted by Crippen LogP contribution is 2.37. The zero-order valence-corrected chi connectivity index (χ0v) is 11.4. The molecule has 2 atom stereocenters. The van der Waals surface area contributed by atoms with Crippen molar-refractivity contribution in [2.24, 2.45) is 17.6 Å². The first kappa shape index (κ1) is 12.9. The average Bonchev–Trinajstić information content (AvgIpc) is 2.46. The molecule has 1 saturated heterocycles. The number of halogens is 1. The van der Waals surface area contributed by atoms with Gasteiger partial charge in [-0.3, -0.25) is 0 Å². The van der Waals surface area contributed by atoms with Crippen molar-refractivity contribution in [2.75, 3.05) is 18.0 Å². The van der Waals surface area contributed by atoms with E-state index in [4.69, 9.17) is 5.73 Å². The predicted octanol–water partition coefficient (Wildman–Crippen LogP) is 3.30. The molecule has 2 N–H and O–H groups in total. The highest BCUT2D eigenvalue weighted by Gasteiger charge is 2.31. The monoisotopic (exact) mass is 262 g/mol. The minimum Gasteiger partial charge on any atom is -0.371 e. The van der Waals surface area contributed by atoms with Crippen molar-refractivity contribution in [1.82, 2.24) is 0 Å². The number of fused-ring (bicyclic) bond motifs is 1. The highest BCUT2D eigenvalue weighted by molar-refractivity contribution is 5.49. The Morgan fingerprint density at radius 3 is 2.68 bits per heavy atom. The van der Waals surface area contributed by atoms with E-state index in [1.165, 1.54) is 38.2 Å². The zero-order chi connectivity index (χ0) is 13.2. The lowest BCUT2D eigenvalue weighted by molar-refractivity contribution is 0.202. The Balaban J connectivity index is 1.77. The van der Waals surface area contributed by atoms with E-state index < -0.39 is 0 Å². The van der Waals surface area contributed by atoms with Crippen molar-refractivity contribution in [1.29, 1.82) is 0 Å². The summed E-state index contributed by atoms with van der Waals surface area (Å²) < 4.78 is 13.6. The summed E-state index contributed by atoms with van der Waals surface area (Å²) in [4.78, 5) is 2.36. The Kier molecular flexibility index (Phi) is 3.74. The van der Waals surface area contributed by atoms with Crippen LogP contribution in [0.4, 0.5) is 10.1 Å². The van der Waals surface area contributed by atoms with Gasteiger partial charge in [-0.1, -0.05) is 19.3 Å². The summed E-state index contributed by atoms with van der Waals surface area (Å²) in [6.07, 6.45) is 6.78. The number of hydrogen-bond acceptors (Lipinski definition) is 2. The minimum absolute atomic E-state index is 0.163. The fourth-order valence-corrected chi connectivity index (χ4v) is 3.77. The van der Waals surface area contributed by atoms with E-state index in [2.05, 4.69) is 4.90 Å². The lowest BCUT2D eigenvalue weighted by Crippen LogP contribution is -2.41. The van der Waals surface area contributed by atoms with Gasteiger partial charge in [0.25, 0.3) is 0 Å². The molecule has 0 radical (unpaired) electrons. The molecular formula is C16H23FN2. The second-order valence-electron chi connectivity index (χ2n) is 6.06. The third-order valence-electron chi connectivity index (χ3n) is 4.83. The largest absolute Gasteiger partial charge is 0.371 e. The molecule has 2 nitrogen and oxygen atoms in total. The van der Waals surface area contributed by atoms with Crippen LogP contribution >= 0.6 is 0 Å². The molecule has 2 unspecified atom stereocenters. The van der Waals surface area contributed by atoms with E-state index in [0.29, 0.717) is 6.54 Å². The van der Waals surface area contributed by atoms with Gasteiger partial charge < -0.3 is 10.6 Å². The average molecular weight is 262 g/mol. The molecule has 1 aliphatic heterocycles. The first-order chi connectivity index (χ1) is 9.26. The van der Waals surface area contributed by atoms with Crippen LogP contribution in [0.1, 0.15) is 37.7 Å². The predicted molar refractivity (Wildman–Crippen MR) is 76.6 cm³/mol. The van der Waals surface area contributed by atoms with E-state index in [1.807, 2.05) is 6.07 Å². The molecule has 1 saturated carbocycles. The van der Waals surface area contributed by atoms with Crippen LogP contribution in [0.25, 0.3) is 0 Å². The van der Waals surface area contributed by atoms with Crippen molar-refractivity contribution >= 4 is 5.69 Å². The molecule has 0 aromatic heterocycles. The second-order valence-corrected chi connectivity index (χ2v) is 6.06. The maximum absolute atomic E-state index is 13.6. The maximum atomic E-state index is 13.6. The summed E-state index contributed by atoms with van der Waals surface area (Å²) in [5.74, 6) is 1.56. The van der Waals surface area contributed by atoms with Crippen LogP contribution in [-0.2, 0) is 6.54 Å². The van der Waals surface area contributed by atoms with Crippen LogP contribution in [-0.4, -0.2) is 13.1 Å². The van der Waals surface area contributed by atoms with Crippen molar-refractivity contribution in [3.63, 3.8) is 0 Å². The molecule has 0 bridgehead atoms. The number of benzene rings is 1. The highest BCUT2D eigenvalue weighted by atomic mass is 19.1. The Morgan fingerprint density at radius 2 is 1.89 bits per heavy atom. The summed E-state index contributed by atoms with van der Waals surface area (Å²) in [5, 5.41) is 0. The topological polar surface area (TPSA) is 29.3 Å². The van der Waals surface area contributed by atoms with Crippen molar-refractivity contribution in [2.45, 2.75) is 38.6 Å². The Morgan fingerprint density at radius 1 is 1.11 bits per heavy atom. The first-order valence-electron chi connectivity index (χ1n) is 7.51. The Labute approximate surface area is 114 Å². The van der Waals surface area contributed by atoms with E-state index in [0.717, 1.165) is 36.2 Å². The summed E-state index contributed by atoms with van der Waals surface area (Å²) in [6, 6.07) is 5.24. The molecule has 0 amide bonds. The number of nitrogens with two attached hydrogens (primary N) is 1. The van der Waals surface area contributed by atoms with Crippen LogP contribution < -0.4 is 10.6 Å². The van der Waals surface area contributed by atoms with Gasteiger partial charge in [-0.05, 0) is 48.4 Å². The van der Waals surface area contributed by atoms with Gasteiger partial charge in [-0.15, -0.1) is 0 Å². The molecule has 2 aliphatic rings. The van der Waals surface area contributed by atoms with Gasteiger partial charge in [0.2, 0.25) is 0 Å². The molecule has 104 valence electrons. The van der Waals surface area contributed by atoms with E-state index in [1.54, 1.807) is 6.07 Å². The summed E-state index contributed by atoms with van der Waals surface area (Å²) in [6.45, 7) is 2.57. The normalized spacial score (nSPS) is 27.2.